The molecule has 0 aliphatic rings. The second-order valence-electron chi connectivity index (χ2n) is 3.71. The van der Waals surface area contributed by atoms with Gasteiger partial charge in [-0.05, 0) is 26.1 Å². The molecule has 0 saturated heterocycles. The van der Waals surface area contributed by atoms with E-state index in [0.717, 1.165) is 5.69 Å². The fraction of sp³-hybridized carbons (Fsp3) is 0.455. The van der Waals surface area contributed by atoms with Gasteiger partial charge in [0.1, 0.15) is 5.56 Å². The van der Waals surface area contributed by atoms with Crippen molar-refractivity contribution in [3.8, 4) is 0 Å². The first-order valence-corrected chi connectivity index (χ1v) is 5.16. The van der Waals surface area contributed by atoms with Gasteiger partial charge in [-0.2, -0.15) is 0 Å². The first-order valence-electron chi connectivity index (χ1n) is 5.16. The molecule has 5 nitrogen and oxygen atoms in total. The van der Waals surface area contributed by atoms with Crippen LogP contribution in [-0.4, -0.2) is 43.0 Å². The van der Waals surface area contributed by atoms with E-state index in [1.165, 1.54) is 4.90 Å². The molecule has 0 aliphatic carbocycles. The lowest BCUT2D eigenvalue weighted by atomic mass is 10.2. The number of amides is 1. The number of carbonyl (C=O) groups excluding carboxylic acids is 1. The minimum absolute atomic E-state index is 0.184. The smallest absolute Gasteiger partial charge is 0.260 e. The molecular formula is C11H17N3O2. The zero-order valence-corrected chi connectivity index (χ0v) is 9.83. The van der Waals surface area contributed by atoms with Crippen LogP contribution in [0.3, 0.4) is 0 Å². The molecule has 1 amide bonds. The van der Waals surface area contributed by atoms with Crippen LogP contribution in [0.5, 0.6) is 0 Å². The van der Waals surface area contributed by atoms with Gasteiger partial charge in [-0.1, -0.05) is 0 Å². The number of rotatable bonds is 4. The standard InChI is InChI=1S/C11H17N3O2/c1-8-4-5-9(10(15)13-8)11(16)14(3)7-6-12-2/h4-5,12H,6-7H2,1-3H3,(H,13,15). The molecule has 2 N–H and O–H groups in total. The third-order valence-electron chi connectivity index (χ3n) is 2.33. The van der Waals surface area contributed by atoms with Gasteiger partial charge in [0.2, 0.25) is 0 Å². The van der Waals surface area contributed by atoms with Crippen LogP contribution in [0, 0.1) is 6.92 Å². The number of hydrogen-bond donors (Lipinski definition) is 2. The van der Waals surface area contributed by atoms with E-state index in [0.29, 0.717) is 13.1 Å². The molecule has 0 bridgehead atoms. The van der Waals surface area contributed by atoms with E-state index in [9.17, 15) is 9.59 Å². The van der Waals surface area contributed by atoms with Crippen molar-refractivity contribution in [1.29, 1.82) is 0 Å². The Morgan fingerprint density at radius 1 is 1.50 bits per heavy atom. The zero-order valence-electron chi connectivity index (χ0n) is 9.83. The predicted octanol–water partition coefficient (Wildman–Crippen LogP) is -0.0253. The van der Waals surface area contributed by atoms with E-state index in [1.807, 2.05) is 7.05 Å². The monoisotopic (exact) mass is 223 g/mol. The Balaban J connectivity index is 2.84. The fourth-order valence-corrected chi connectivity index (χ4v) is 1.33. The Bertz CT molecular complexity index is 425. The molecule has 5 heteroatoms. The minimum atomic E-state index is -0.332. The van der Waals surface area contributed by atoms with Gasteiger partial charge in [0.15, 0.2) is 0 Å². The van der Waals surface area contributed by atoms with Gasteiger partial charge in [-0.15, -0.1) is 0 Å². The maximum Gasteiger partial charge on any atom is 0.260 e. The quantitative estimate of drug-likeness (QED) is 0.753. The first kappa shape index (κ1) is 12.4. The van der Waals surface area contributed by atoms with Crippen LogP contribution in [0.4, 0.5) is 0 Å². The second-order valence-corrected chi connectivity index (χ2v) is 3.71. The summed E-state index contributed by atoms with van der Waals surface area (Å²) in [5.41, 5.74) is 0.602. The number of nitrogens with one attached hydrogen (secondary N) is 2. The summed E-state index contributed by atoms with van der Waals surface area (Å²) in [6.45, 7) is 3.05. The topological polar surface area (TPSA) is 65.2 Å². The van der Waals surface area contributed by atoms with Gasteiger partial charge in [-0.3, -0.25) is 9.59 Å². The molecule has 1 aromatic rings. The van der Waals surface area contributed by atoms with Crippen LogP contribution in [0.25, 0.3) is 0 Å². The van der Waals surface area contributed by atoms with E-state index in [1.54, 1.807) is 26.1 Å². The van der Waals surface area contributed by atoms with Gasteiger partial charge in [0.25, 0.3) is 11.5 Å². The number of pyridine rings is 1. The van der Waals surface area contributed by atoms with Crippen molar-refractivity contribution < 1.29 is 4.79 Å². The molecule has 0 atom stereocenters. The molecule has 0 aromatic carbocycles. The van der Waals surface area contributed by atoms with Crippen molar-refractivity contribution in [3.63, 3.8) is 0 Å². The van der Waals surface area contributed by atoms with Crippen molar-refractivity contribution in [2.24, 2.45) is 0 Å². The average Bonchev–Trinajstić information content (AvgIpc) is 2.25. The SMILES string of the molecule is CNCCN(C)C(=O)c1ccc(C)[nH]c1=O. The molecule has 0 aliphatic heterocycles. The molecule has 0 fully saturated rings. The van der Waals surface area contributed by atoms with Crippen molar-refractivity contribution in [1.82, 2.24) is 15.2 Å². The van der Waals surface area contributed by atoms with Crippen molar-refractivity contribution in [2.75, 3.05) is 27.2 Å². The molecule has 16 heavy (non-hydrogen) atoms. The lowest BCUT2D eigenvalue weighted by Gasteiger charge is -2.16. The second kappa shape index (κ2) is 5.46. The van der Waals surface area contributed by atoms with Crippen LogP contribution >= 0.6 is 0 Å². The molecule has 0 radical (unpaired) electrons. The third-order valence-corrected chi connectivity index (χ3v) is 2.33. The Morgan fingerprint density at radius 2 is 2.19 bits per heavy atom. The Kier molecular flexibility index (Phi) is 4.25. The summed E-state index contributed by atoms with van der Waals surface area (Å²) >= 11 is 0. The number of carbonyl (C=O) groups is 1. The number of nitrogens with zero attached hydrogens (tertiary/aromatic N) is 1. The van der Waals surface area contributed by atoms with E-state index >= 15 is 0 Å². The van der Waals surface area contributed by atoms with Crippen molar-refractivity contribution in [3.05, 3.63) is 33.7 Å². The molecule has 0 unspecified atom stereocenters. The lowest BCUT2D eigenvalue weighted by molar-refractivity contribution is 0.0795. The highest BCUT2D eigenvalue weighted by Crippen LogP contribution is 1.98. The molecule has 1 aromatic heterocycles. The van der Waals surface area contributed by atoms with Gasteiger partial charge in [0.05, 0.1) is 0 Å². The molecule has 1 heterocycles. The van der Waals surface area contributed by atoms with Crippen LogP contribution in [0.15, 0.2) is 16.9 Å². The van der Waals surface area contributed by atoms with Crippen LogP contribution < -0.4 is 10.9 Å². The zero-order chi connectivity index (χ0) is 12.1. The molecule has 88 valence electrons. The molecular weight excluding hydrogens is 206 g/mol. The van der Waals surface area contributed by atoms with Crippen molar-refractivity contribution in [2.45, 2.75) is 6.92 Å². The van der Waals surface area contributed by atoms with Gasteiger partial charge >= 0.3 is 0 Å². The predicted molar refractivity (Wildman–Crippen MR) is 62.7 cm³/mol. The van der Waals surface area contributed by atoms with Gasteiger partial charge in [0, 0.05) is 25.8 Å². The van der Waals surface area contributed by atoms with E-state index in [-0.39, 0.29) is 17.0 Å². The molecule has 0 saturated carbocycles. The number of hydrogen-bond acceptors (Lipinski definition) is 3. The maximum absolute atomic E-state index is 11.9. The van der Waals surface area contributed by atoms with Crippen molar-refractivity contribution >= 4 is 5.91 Å². The molecule has 1 rings (SSSR count). The van der Waals surface area contributed by atoms with Gasteiger partial charge < -0.3 is 15.2 Å². The largest absolute Gasteiger partial charge is 0.340 e. The number of H-pyrrole nitrogens is 1. The average molecular weight is 223 g/mol. The third kappa shape index (κ3) is 2.93. The highest BCUT2D eigenvalue weighted by molar-refractivity contribution is 5.93. The molecule has 0 spiro atoms. The summed E-state index contributed by atoms with van der Waals surface area (Å²) in [6, 6.07) is 3.28. The number of aryl methyl sites for hydroxylation is 1. The summed E-state index contributed by atoms with van der Waals surface area (Å²) in [7, 11) is 3.50. The van der Waals surface area contributed by atoms with E-state index in [4.69, 9.17) is 0 Å². The Hall–Kier alpha value is -1.62. The summed E-state index contributed by atoms with van der Waals surface area (Å²) in [4.78, 5) is 27.5. The highest BCUT2D eigenvalue weighted by Gasteiger charge is 2.14. The Labute approximate surface area is 94.5 Å². The van der Waals surface area contributed by atoms with Crippen LogP contribution in [0.2, 0.25) is 0 Å². The van der Waals surface area contributed by atoms with Crippen LogP contribution in [-0.2, 0) is 0 Å². The van der Waals surface area contributed by atoms with E-state index < -0.39 is 0 Å². The minimum Gasteiger partial charge on any atom is -0.340 e. The fourth-order valence-electron chi connectivity index (χ4n) is 1.33. The summed E-state index contributed by atoms with van der Waals surface area (Å²) in [6.07, 6.45) is 0. The summed E-state index contributed by atoms with van der Waals surface area (Å²) < 4.78 is 0. The van der Waals surface area contributed by atoms with Crippen LogP contribution in [0.1, 0.15) is 16.1 Å². The first-order chi connectivity index (χ1) is 7.56. The summed E-state index contributed by atoms with van der Waals surface area (Å²) in [5.74, 6) is -0.253. The highest BCUT2D eigenvalue weighted by atomic mass is 16.2. The number of aromatic nitrogens is 1. The maximum atomic E-state index is 11.9. The number of likely N-dealkylation sites (N-methyl/N-ethyl adjacent to an activating group) is 2. The van der Waals surface area contributed by atoms with Gasteiger partial charge in [-0.25, -0.2) is 0 Å². The Morgan fingerprint density at radius 3 is 2.75 bits per heavy atom. The number of aromatic amines is 1. The lowest BCUT2D eigenvalue weighted by Crippen LogP contribution is -2.35. The summed E-state index contributed by atoms with van der Waals surface area (Å²) in [5, 5.41) is 2.95. The normalized spacial score (nSPS) is 10.2. The van der Waals surface area contributed by atoms with E-state index in [2.05, 4.69) is 10.3 Å².